The van der Waals surface area contributed by atoms with Crippen LogP contribution in [0.3, 0.4) is 0 Å². The number of carboxylic acid groups (broad SMARTS) is 1. The lowest BCUT2D eigenvalue weighted by Crippen LogP contribution is -2.15. The highest BCUT2D eigenvalue weighted by atomic mass is 35.5. The van der Waals surface area contributed by atoms with Crippen molar-refractivity contribution in [3.8, 4) is 16.9 Å². The summed E-state index contributed by atoms with van der Waals surface area (Å²) in [5, 5.41) is 14.0. The first-order valence-electron chi connectivity index (χ1n) is 7.44. The number of benzene rings is 2. The smallest absolute Gasteiger partial charge is 0.305 e. The van der Waals surface area contributed by atoms with E-state index < -0.39 is 12.0 Å². The number of para-hydroxylation sites is 1. The molecule has 0 aliphatic heterocycles. The number of hydrogen-bond donors (Lipinski definition) is 2. The van der Waals surface area contributed by atoms with Gasteiger partial charge in [-0.1, -0.05) is 60.1 Å². The van der Waals surface area contributed by atoms with Crippen LogP contribution in [0.5, 0.6) is 0 Å². The van der Waals surface area contributed by atoms with Crippen molar-refractivity contribution >= 4 is 17.6 Å². The fraction of sp³-hybridized carbons (Fsp3) is 0.111. The van der Waals surface area contributed by atoms with Gasteiger partial charge in [0.05, 0.1) is 17.8 Å². The minimum absolute atomic E-state index is 0.222. The fourth-order valence-electron chi connectivity index (χ4n) is 2.58. The number of nitrogens with two attached hydrogens (primary N) is 1. The topological polar surface area (TPSA) is 81.1 Å². The molecule has 0 bridgehead atoms. The van der Waals surface area contributed by atoms with Gasteiger partial charge < -0.3 is 10.8 Å². The van der Waals surface area contributed by atoms with Crippen molar-refractivity contribution in [1.29, 1.82) is 0 Å². The molecule has 0 spiro atoms. The van der Waals surface area contributed by atoms with E-state index in [1.54, 1.807) is 4.68 Å². The number of rotatable bonds is 5. The molecule has 0 aliphatic rings. The SMILES string of the molecule is NC(CC(=O)O)c1c(-c2ccccc2)nn(-c2ccccc2)c1Cl. The summed E-state index contributed by atoms with van der Waals surface area (Å²) in [4.78, 5) is 11.1. The Labute approximate surface area is 144 Å². The molecule has 3 N–H and O–H groups in total. The van der Waals surface area contributed by atoms with E-state index in [9.17, 15) is 4.79 Å². The summed E-state index contributed by atoms with van der Waals surface area (Å²) in [6.07, 6.45) is -0.222. The Morgan fingerprint density at radius 2 is 1.71 bits per heavy atom. The van der Waals surface area contributed by atoms with Gasteiger partial charge >= 0.3 is 5.97 Å². The maximum atomic E-state index is 11.1. The van der Waals surface area contributed by atoms with Crippen LogP contribution in [0.4, 0.5) is 0 Å². The summed E-state index contributed by atoms with van der Waals surface area (Å²) in [7, 11) is 0. The second-order valence-electron chi connectivity index (χ2n) is 5.37. The summed E-state index contributed by atoms with van der Waals surface area (Å²) < 4.78 is 1.58. The highest BCUT2D eigenvalue weighted by Crippen LogP contribution is 2.35. The fourth-order valence-corrected chi connectivity index (χ4v) is 2.94. The minimum atomic E-state index is -0.981. The van der Waals surface area contributed by atoms with E-state index in [0.29, 0.717) is 16.4 Å². The van der Waals surface area contributed by atoms with Crippen LogP contribution < -0.4 is 5.73 Å². The van der Waals surface area contributed by atoms with E-state index in [1.165, 1.54) is 0 Å². The Morgan fingerprint density at radius 1 is 1.12 bits per heavy atom. The van der Waals surface area contributed by atoms with Crippen LogP contribution >= 0.6 is 11.6 Å². The number of hydrogen-bond acceptors (Lipinski definition) is 3. The van der Waals surface area contributed by atoms with Crippen LogP contribution in [-0.2, 0) is 4.79 Å². The third-order valence-corrected chi connectivity index (χ3v) is 4.04. The number of aliphatic carboxylic acids is 1. The van der Waals surface area contributed by atoms with Crippen LogP contribution in [0.2, 0.25) is 5.15 Å². The third kappa shape index (κ3) is 3.18. The quantitative estimate of drug-likeness (QED) is 0.742. The molecule has 0 saturated carbocycles. The van der Waals surface area contributed by atoms with E-state index in [4.69, 9.17) is 22.4 Å². The van der Waals surface area contributed by atoms with Gasteiger partial charge in [-0.05, 0) is 12.1 Å². The average Bonchev–Trinajstić information content (AvgIpc) is 2.93. The molecule has 0 fully saturated rings. The Hall–Kier alpha value is -2.63. The normalized spacial score (nSPS) is 12.1. The van der Waals surface area contributed by atoms with Gasteiger partial charge in [0.2, 0.25) is 0 Å². The third-order valence-electron chi connectivity index (χ3n) is 3.68. The van der Waals surface area contributed by atoms with Crippen molar-refractivity contribution in [2.45, 2.75) is 12.5 Å². The van der Waals surface area contributed by atoms with Gasteiger partial charge in [-0.2, -0.15) is 5.10 Å². The first kappa shape index (κ1) is 16.2. The number of carbonyl (C=O) groups is 1. The van der Waals surface area contributed by atoms with Crippen LogP contribution in [0.1, 0.15) is 18.0 Å². The van der Waals surface area contributed by atoms with Crippen molar-refractivity contribution in [2.75, 3.05) is 0 Å². The molecule has 122 valence electrons. The summed E-state index contributed by atoms with van der Waals surface area (Å²) in [5.41, 5.74) is 8.86. The minimum Gasteiger partial charge on any atom is -0.481 e. The zero-order valence-electron chi connectivity index (χ0n) is 12.8. The van der Waals surface area contributed by atoms with Crippen LogP contribution in [0.15, 0.2) is 60.7 Å². The monoisotopic (exact) mass is 341 g/mol. The molecule has 2 aromatic carbocycles. The molecular formula is C18H16ClN3O2. The van der Waals surface area contributed by atoms with Gasteiger partial charge in [-0.15, -0.1) is 0 Å². The molecule has 0 aliphatic carbocycles. The van der Waals surface area contributed by atoms with E-state index >= 15 is 0 Å². The molecule has 0 amide bonds. The molecule has 3 rings (SSSR count). The molecule has 1 heterocycles. The summed E-state index contributed by atoms with van der Waals surface area (Å²) >= 11 is 6.52. The first-order valence-corrected chi connectivity index (χ1v) is 7.82. The maximum Gasteiger partial charge on any atom is 0.305 e. The number of halogens is 1. The van der Waals surface area contributed by atoms with Crippen LogP contribution in [0.25, 0.3) is 16.9 Å². The maximum absolute atomic E-state index is 11.1. The Morgan fingerprint density at radius 3 is 2.29 bits per heavy atom. The molecule has 0 saturated heterocycles. The summed E-state index contributed by atoms with van der Waals surface area (Å²) in [6.45, 7) is 0. The van der Waals surface area contributed by atoms with Crippen molar-refractivity contribution in [1.82, 2.24) is 9.78 Å². The Bertz CT molecular complexity index is 847. The molecular weight excluding hydrogens is 326 g/mol. The van der Waals surface area contributed by atoms with E-state index in [1.807, 2.05) is 60.7 Å². The standard InChI is InChI=1S/C18H16ClN3O2/c19-18-16(14(20)11-15(23)24)17(12-7-3-1-4-8-12)21-22(18)13-9-5-2-6-10-13/h1-10,14H,11,20H2,(H,23,24). The van der Waals surface area contributed by atoms with E-state index in [-0.39, 0.29) is 6.42 Å². The largest absolute Gasteiger partial charge is 0.481 e. The van der Waals surface area contributed by atoms with Crippen molar-refractivity contribution in [3.63, 3.8) is 0 Å². The molecule has 1 atom stereocenters. The zero-order chi connectivity index (χ0) is 17.1. The number of carboxylic acids is 1. The molecule has 0 radical (unpaired) electrons. The highest BCUT2D eigenvalue weighted by molar-refractivity contribution is 6.31. The lowest BCUT2D eigenvalue weighted by atomic mass is 10.0. The highest BCUT2D eigenvalue weighted by Gasteiger charge is 2.25. The average molecular weight is 342 g/mol. The Balaban J connectivity index is 2.18. The van der Waals surface area contributed by atoms with Crippen LogP contribution in [-0.4, -0.2) is 20.9 Å². The second kappa shape index (κ2) is 6.86. The van der Waals surface area contributed by atoms with Gasteiger partial charge in [0.25, 0.3) is 0 Å². The van der Waals surface area contributed by atoms with Gasteiger partial charge in [-0.25, -0.2) is 4.68 Å². The van der Waals surface area contributed by atoms with Crippen LogP contribution in [0, 0.1) is 0 Å². The molecule has 1 unspecified atom stereocenters. The van der Waals surface area contributed by atoms with E-state index in [2.05, 4.69) is 5.10 Å². The second-order valence-corrected chi connectivity index (χ2v) is 5.73. The predicted molar refractivity (Wildman–Crippen MR) is 93.2 cm³/mol. The van der Waals surface area contributed by atoms with Gasteiger partial charge in [-0.3, -0.25) is 4.79 Å². The molecule has 24 heavy (non-hydrogen) atoms. The molecule has 6 heteroatoms. The van der Waals surface area contributed by atoms with E-state index in [0.717, 1.165) is 11.3 Å². The number of aromatic nitrogens is 2. The Kier molecular flexibility index (Phi) is 4.64. The molecule has 5 nitrogen and oxygen atoms in total. The number of nitrogens with zero attached hydrogens (tertiary/aromatic N) is 2. The molecule has 3 aromatic rings. The molecule has 1 aromatic heterocycles. The summed E-state index contributed by atoms with van der Waals surface area (Å²) in [6, 6.07) is 18.1. The predicted octanol–water partition coefficient (Wildman–Crippen LogP) is 3.67. The van der Waals surface area contributed by atoms with Gasteiger partial charge in [0.15, 0.2) is 0 Å². The van der Waals surface area contributed by atoms with Crippen molar-refractivity contribution < 1.29 is 9.90 Å². The van der Waals surface area contributed by atoms with Crippen molar-refractivity contribution in [3.05, 3.63) is 71.4 Å². The lowest BCUT2D eigenvalue weighted by molar-refractivity contribution is -0.137. The van der Waals surface area contributed by atoms with Gasteiger partial charge in [0, 0.05) is 17.2 Å². The summed E-state index contributed by atoms with van der Waals surface area (Å²) in [5.74, 6) is -0.981. The first-order chi connectivity index (χ1) is 11.6. The lowest BCUT2D eigenvalue weighted by Gasteiger charge is -2.10. The van der Waals surface area contributed by atoms with Gasteiger partial charge in [0.1, 0.15) is 5.15 Å². The van der Waals surface area contributed by atoms with Crippen molar-refractivity contribution in [2.24, 2.45) is 5.73 Å². The zero-order valence-corrected chi connectivity index (χ0v) is 13.5.